The smallest absolute Gasteiger partial charge is 0.329 e. The van der Waals surface area contributed by atoms with Crippen LogP contribution in [0.2, 0.25) is 0 Å². The molecule has 0 aromatic heterocycles. The molecule has 1 aliphatic rings. The minimum atomic E-state index is -0.796. The van der Waals surface area contributed by atoms with E-state index in [9.17, 15) is 14.4 Å². The molecule has 0 saturated carbocycles. The van der Waals surface area contributed by atoms with Crippen molar-refractivity contribution in [1.29, 1.82) is 0 Å². The van der Waals surface area contributed by atoms with Gasteiger partial charge >= 0.3 is 12.0 Å². The zero-order valence-electron chi connectivity index (χ0n) is 10.6. The summed E-state index contributed by atoms with van der Waals surface area (Å²) in [6, 6.07) is -1.34. The van der Waals surface area contributed by atoms with E-state index in [1.807, 2.05) is 0 Å². The lowest BCUT2D eigenvalue weighted by atomic mass is 10.1. The van der Waals surface area contributed by atoms with Gasteiger partial charge in [0.15, 0.2) is 0 Å². The molecule has 96 valence electrons. The third-order valence-electron chi connectivity index (χ3n) is 2.39. The lowest BCUT2D eigenvalue weighted by Crippen LogP contribution is -2.53. The van der Waals surface area contributed by atoms with Crippen LogP contribution < -0.4 is 5.32 Å². The van der Waals surface area contributed by atoms with Gasteiger partial charge in [0.2, 0.25) is 5.91 Å². The molecule has 1 rings (SSSR count). The third kappa shape index (κ3) is 3.18. The number of hydrogen-bond donors (Lipinski definition) is 1. The molecule has 1 unspecified atom stereocenters. The zero-order valence-corrected chi connectivity index (χ0v) is 10.6. The van der Waals surface area contributed by atoms with Crippen LogP contribution in [-0.2, 0) is 14.3 Å². The first-order valence-corrected chi connectivity index (χ1v) is 5.48. The Morgan fingerprint density at radius 2 is 2.00 bits per heavy atom. The highest BCUT2D eigenvalue weighted by Crippen LogP contribution is 2.20. The van der Waals surface area contributed by atoms with E-state index in [2.05, 4.69) is 10.1 Å². The minimum absolute atomic E-state index is 0.192. The number of urea groups is 1. The molecule has 1 saturated heterocycles. The summed E-state index contributed by atoms with van der Waals surface area (Å²) in [6.07, 6.45) is 0.514. The number of methoxy groups -OCH3 is 1. The van der Waals surface area contributed by atoms with E-state index in [4.69, 9.17) is 0 Å². The molecular weight excluding hydrogens is 224 g/mol. The van der Waals surface area contributed by atoms with Crippen molar-refractivity contribution >= 4 is 17.9 Å². The fourth-order valence-corrected chi connectivity index (χ4v) is 1.68. The predicted molar refractivity (Wildman–Crippen MR) is 60.2 cm³/mol. The lowest BCUT2D eigenvalue weighted by molar-refractivity contribution is -0.147. The standard InChI is InChI=1S/C11H18N2O4/c1-11(2,3)12-10(16)13-7(9(15)17-4)5-6-8(13)14/h7H,5-6H2,1-4H3,(H,12,16). The molecule has 1 atom stereocenters. The lowest BCUT2D eigenvalue weighted by Gasteiger charge is -2.27. The maximum absolute atomic E-state index is 11.9. The number of nitrogens with one attached hydrogen (secondary N) is 1. The van der Waals surface area contributed by atoms with Gasteiger partial charge in [0.05, 0.1) is 7.11 Å². The number of nitrogens with zero attached hydrogens (tertiary/aromatic N) is 1. The number of rotatable bonds is 1. The molecule has 0 aromatic rings. The highest BCUT2D eigenvalue weighted by atomic mass is 16.5. The van der Waals surface area contributed by atoms with Crippen LogP contribution >= 0.6 is 0 Å². The molecule has 17 heavy (non-hydrogen) atoms. The average Bonchev–Trinajstić information content (AvgIpc) is 2.56. The van der Waals surface area contributed by atoms with Crippen LogP contribution in [0.4, 0.5) is 4.79 Å². The van der Waals surface area contributed by atoms with Crippen molar-refractivity contribution in [3.05, 3.63) is 0 Å². The molecule has 1 aliphatic heterocycles. The van der Waals surface area contributed by atoms with Crippen molar-refractivity contribution in [3.63, 3.8) is 0 Å². The quantitative estimate of drug-likeness (QED) is 0.685. The van der Waals surface area contributed by atoms with Crippen molar-refractivity contribution in [2.75, 3.05) is 7.11 Å². The Morgan fingerprint density at radius 1 is 1.41 bits per heavy atom. The second kappa shape index (κ2) is 4.73. The summed E-state index contributed by atoms with van der Waals surface area (Å²) in [4.78, 5) is 35.9. The molecule has 1 heterocycles. The summed E-state index contributed by atoms with van der Waals surface area (Å²) in [7, 11) is 1.24. The van der Waals surface area contributed by atoms with E-state index in [1.165, 1.54) is 7.11 Å². The second-order valence-electron chi connectivity index (χ2n) is 5.02. The van der Waals surface area contributed by atoms with Gasteiger partial charge in [0, 0.05) is 12.0 Å². The molecular formula is C11H18N2O4. The number of carbonyl (C=O) groups is 3. The predicted octanol–water partition coefficient (Wildman–Crippen LogP) is 0.658. The summed E-state index contributed by atoms with van der Waals surface area (Å²) >= 11 is 0. The van der Waals surface area contributed by atoms with Gasteiger partial charge in [-0.15, -0.1) is 0 Å². The number of imide groups is 1. The van der Waals surface area contributed by atoms with Crippen LogP contribution in [0.3, 0.4) is 0 Å². The molecule has 0 radical (unpaired) electrons. The van der Waals surface area contributed by atoms with Crippen molar-refractivity contribution in [3.8, 4) is 0 Å². The van der Waals surface area contributed by atoms with Gasteiger partial charge in [0.25, 0.3) is 0 Å². The van der Waals surface area contributed by atoms with Crippen LogP contribution in [-0.4, -0.2) is 41.5 Å². The van der Waals surface area contributed by atoms with Gasteiger partial charge in [-0.05, 0) is 27.2 Å². The molecule has 6 nitrogen and oxygen atoms in total. The Balaban J connectivity index is 2.81. The summed E-state index contributed by atoms with van der Waals surface area (Å²) in [5.41, 5.74) is -0.458. The molecule has 0 bridgehead atoms. The summed E-state index contributed by atoms with van der Waals surface area (Å²) in [6.45, 7) is 5.41. The molecule has 6 heteroatoms. The summed E-state index contributed by atoms with van der Waals surface area (Å²) in [5.74, 6) is -0.901. The number of likely N-dealkylation sites (tertiary alicyclic amines) is 1. The average molecular weight is 242 g/mol. The Hall–Kier alpha value is -1.59. The van der Waals surface area contributed by atoms with Crippen LogP contribution in [0, 0.1) is 0 Å². The first kappa shape index (κ1) is 13.5. The fraction of sp³-hybridized carbons (Fsp3) is 0.727. The van der Waals surface area contributed by atoms with Crippen LogP contribution in [0.1, 0.15) is 33.6 Å². The first-order valence-electron chi connectivity index (χ1n) is 5.48. The molecule has 0 aliphatic carbocycles. The van der Waals surface area contributed by atoms with Crippen molar-refractivity contribution in [1.82, 2.24) is 10.2 Å². The van der Waals surface area contributed by atoms with E-state index in [0.717, 1.165) is 4.90 Å². The number of ether oxygens (including phenoxy) is 1. The van der Waals surface area contributed by atoms with Crippen LogP contribution in [0.5, 0.6) is 0 Å². The number of esters is 1. The Bertz CT molecular complexity index is 346. The fourth-order valence-electron chi connectivity index (χ4n) is 1.68. The van der Waals surface area contributed by atoms with Gasteiger partial charge in [-0.3, -0.25) is 4.79 Å². The van der Waals surface area contributed by atoms with Gasteiger partial charge in [0.1, 0.15) is 6.04 Å². The number of hydrogen-bond acceptors (Lipinski definition) is 4. The maximum Gasteiger partial charge on any atom is 0.329 e. The highest BCUT2D eigenvalue weighted by molar-refractivity contribution is 6.01. The van der Waals surface area contributed by atoms with Crippen molar-refractivity contribution in [2.24, 2.45) is 0 Å². The van der Waals surface area contributed by atoms with E-state index in [1.54, 1.807) is 20.8 Å². The van der Waals surface area contributed by atoms with E-state index < -0.39 is 23.6 Å². The van der Waals surface area contributed by atoms with Crippen LogP contribution in [0.25, 0.3) is 0 Å². The number of amides is 3. The first-order chi connectivity index (χ1) is 7.76. The number of carbonyl (C=O) groups excluding carboxylic acids is 3. The largest absolute Gasteiger partial charge is 0.467 e. The monoisotopic (exact) mass is 242 g/mol. The van der Waals surface area contributed by atoms with E-state index in [0.29, 0.717) is 6.42 Å². The summed E-state index contributed by atoms with van der Waals surface area (Å²) < 4.78 is 4.58. The second-order valence-corrected chi connectivity index (χ2v) is 5.02. The Morgan fingerprint density at radius 3 is 2.47 bits per heavy atom. The zero-order chi connectivity index (χ0) is 13.2. The van der Waals surface area contributed by atoms with Crippen LogP contribution in [0.15, 0.2) is 0 Å². The Kier molecular flexibility index (Phi) is 3.75. The third-order valence-corrected chi connectivity index (χ3v) is 2.39. The van der Waals surface area contributed by atoms with E-state index in [-0.39, 0.29) is 12.3 Å². The van der Waals surface area contributed by atoms with Crippen molar-refractivity contribution in [2.45, 2.75) is 45.2 Å². The Labute approximate surface area is 100 Å². The molecule has 3 amide bonds. The van der Waals surface area contributed by atoms with Gasteiger partial charge in [-0.25, -0.2) is 14.5 Å². The molecule has 1 fully saturated rings. The van der Waals surface area contributed by atoms with Gasteiger partial charge in [-0.2, -0.15) is 0 Å². The SMILES string of the molecule is COC(=O)C1CCC(=O)N1C(=O)NC(C)(C)C. The van der Waals surface area contributed by atoms with E-state index >= 15 is 0 Å². The molecule has 0 aromatic carbocycles. The van der Waals surface area contributed by atoms with Gasteiger partial charge < -0.3 is 10.1 Å². The summed E-state index contributed by atoms with van der Waals surface area (Å²) in [5, 5.41) is 2.66. The van der Waals surface area contributed by atoms with Crippen molar-refractivity contribution < 1.29 is 19.1 Å². The highest BCUT2D eigenvalue weighted by Gasteiger charge is 2.41. The minimum Gasteiger partial charge on any atom is -0.467 e. The van der Waals surface area contributed by atoms with Gasteiger partial charge in [-0.1, -0.05) is 0 Å². The topological polar surface area (TPSA) is 75.7 Å². The maximum atomic E-state index is 11.9. The molecule has 1 N–H and O–H groups in total. The molecule has 0 spiro atoms. The normalized spacial score (nSPS) is 20.4.